The fourth-order valence-corrected chi connectivity index (χ4v) is 4.53. The zero-order chi connectivity index (χ0) is 17.4. The van der Waals surface area contributed by atoms with Crippen molar-refractivity contribution < 1.29 is 4.79 Å². The Morgan fingerprint density at radius 2 is 1.88 bits per heavy atom. The molecule has 0 unspecified atom stereocenters. The first-order chi connectivity index (χ1) is 12.1. The zero-order valence-corrected chi connectivity index (χ0v) is 15.4. The Kier molecular flexibility index (Phi) is 4.48. The molecule has 0 bridgehead atoms. The maximum atomic E-state index is 13.0. The second-order valence-electron chi connectivity index (χ2n) is 7.94. The summed E-state index contributed by atoms with van der Waals surface area (Å²) in [7, 11) is 0. The van der Waals surface area contributed by atoms with Crippen LogP contribution in [0.5, 0.6) is 0 Å². The van der Waals surface area contributed by atoms with Gasteiger partial charge in [-0.15, -0.1) is 0 Å². The fourth-order valence-electron chi connectivity index (χ4n) is 4.53. The Morgan fingerprint density at radius 1 is 1.12 bits per heavy atom. The number of carbonyl (C=O) groups excluding carboxylic acids is 1. The zero-order valence-electron chi connectivity index (χ0n) is 15.4. The molecule has 3 aliphatic rings. The summed E-state index contributed by atoms with van der Waals surface area (Å²) in [5, 5.41) is 0. The maximum absolute atomic E-state index is 13.0. The van der Waals surface area contributed by atoms with Crippen LogP contribution in [0.1, 0.15) is 55.1 Å². The van der Waals surface area contributed by atoms with Crippen molar-refractivity contribution in [1.29, 1.82) is 0 Å². The van der Waals surface area contributed by atoms with Crippen molar-refractivity contribution in [1.82, 2.24) is 14.9 Å². The Morgan fingerprint density at radius 3 is 2.64 bits per heavy atom. The monoisotopic (exact) mass is 340 g/mol. The number of rotatable bonds is 2. The van der Waals surface area contributed by atoms with E-state index in [2.05, 4.69) is 27.9 Å². The molecule has 2 atom stereocenters. The van der Waals surface area contributed by atoms with Gasteiger partial charge in [-0.2, -0.15) is 0 Å². The number of allylic oxidation sites excluding steroid dienone is 2. The number of aromatic nitrogens is 2. The van der Waals surface area contributed by atoms with E-state index in [1.54, 1.807) is 6.20 Å². The Balaban J connectivity index is 1.47. The second kappa shape index (κ2) is 6.77. The van der Waals surface area contributed by atoms with Crippen molar-refractivity contribution in [3.8, 4) is 0 Å². The summed E-state index contributed by atoms with van der Waals surface area (Å²) in [6.07, 6.45) is 10.0. The van der Waals surface area contributed by atoms with Crippen molar-refractivity contribution in [2.45, 2.75) is 46.0 Å². The highest BCUT2D eigenvalue weighted by Crippen LogP contribution is 2.36. The lowest BCUT2D eigenvalue weighted by atomic mass is 9.83. The second-order valence-corrected chi connectivity index (χ2v) is 7.94. The number of carbonyl (C=O) groups is 1. The maximum Gasteiger partial charge on any atom is 0.257 e. The van der Waals surface area contributed by atoms with Crippen molar-refractivity contribution in [2.24, 2.45) is 11.8 Å². The van der Waals surface area contributed by atoms with Gasteiger partial charge >= 0.3 is 0 Å². The molecule has 0 radical (unpaired) electrons. The summed E-state index contributed by atoms with van der Waals surface area (Å²) in [4.78, 5) is 26.4. The predicted octanol–water partition coefficient (Wildman–Crippen LogP) is 3.20. The van der Waals surface area contributed by atoms with Gasteiger partial charge in [0.2, 0.25) is 5.95 Å². The van der Waals surface area contributed by atoms with Crippen molar-refractivity contribution in [3.63, 3.8) is 0 Å². The highest BCUT2D eigenvalue weighted by Gasteiger charge is 2.37. The van der Waals surface area contributed by atoms with Crippen LogP contribution in [-0.2, 0) is 0 Å². The van der Waals surface area contributed by atoms with Crippen LogP contribution in [0.3, 0.4) is 0 Å². The van der Waals surface area contributed by atoms with E-state index in [1.807, 2.05) is 11.8 Å². The van der Waals surface area contributed by atoms with Gasteiger partial charge in [0.05, 0.1) is 11.3 Å². The number of anilines is 1. The SMILES string of the molecule is CC1=CC[C@@H]2CN(C(=O)c3cnc(N4CCCCC4)nc3C)C[C@@H]2C1. The molecule has 1 aromatic heterocycles. The van der Waals surface area contributed by atoms with E-state index in [0.717, 1.165) is 50.7 Å². The summed E-state index contributed by atoms with van der Waals surface area (Å²) >= 11 is 0. The Labute approximate surface area is 150 Å². The molecule has 1 aromatic rings. The van der Waals surface area contributed by atoms with Crippen LogP contribution in [0.25, 0.3) is 0 Å². The van der Waals surface area contributed by atoms with Crippen molar-refractivity contribution in [2.75, 3.05) is 31.1 Å². The minimum atomic E-state index is 0.106. The van der Waals surface area contributed by atoms with Crippen molar-refractivity contribution >= 4 is 11.9 Å². The third-order valence-corrected chi connectivity index (χ3v) is 6.05. The molecule has 0 aromatic carbocycles. The molecule has 0 spiro atoms. The first-order valence-electron chi connectivity index (χ1n) is 9.65. The van der Waals surface area contributed by atoms with Gasteiger partial charge in [0, 0.05) is 32.4 Å². The van der Waals surface area contributed by atoms with E-state index in [1.165, 1.54) is 24.8 Å². The van der Waals surface area contributed by atoms with Gasteiger partial charge in [-0.3, -0.25) is 4.79 Å². The average Bonchev–Trinajstić information content (AvgIpc) is 3.05. The van der Waals surface area contributed by atoms with Crippen LogP contribution in [0.15, 0.2) is 17.8 Å². The average molecular weight is 340 g/mol. The van der Waals surface area contributed by atoms with Gasteiger partial charge in [-0.1, -0.05) is 11.6 Å². The smallest absolute Gasteiger partial charge is 0.257 e. The van der Waals surface area contributed by atoms with E-state index < -0.39 is 0 Å². The van der Waals surface area contributed by atoms with Crippen LogP contribution < -0.4 is 4.90 Å². The van der Waals surface area contributed by atoms with Gasteiger partial charge in [-0.05, 0) is 57.8 Å². The lowest BCUT2D eigenvalue weighted by Gasteiger charge is -2.27. The molecule has 1 aliphatic carbocycles. The van der Waals surface area contributed by atoms with Gasteiger partial charge in [0.25, 0.3) is 5.91 Å². The van der Waals surface area contributed by atoms with E-state index in [4.69, 9.17) is 0 Å². The largest absolute Gasteiger partial charge is 0.341 e. The first kappa shape index (κ1) is 16.6. The number of amides is 1. The molecule has 5 heteroatoms. The van der Waals surface area contributed by atoms with Gasteiger partial charge < -0.3 is 9.80 Å². The lowest BCUT2D eigenvalue weighted by molar-refractivity contribution is 0.0782. The topological polar surface area (TPSA) is 49.3 Å². The van der Waals surface area contributed by atoms with Crippen LogP contribution in [0.2, 0.25) is 0 Å². The van der Waals surface area contributed by atoms with Crippen LogP contribution in [-0.4, -0.2) is 47.0 Å². The summed E-state index contributed by atoms with van der Waals surface area (Å²) in [6.45, 7) is 7.95. The third kappa shape index (κ3) is 3.29. The predicted molar refractivity (Wildman–Crippen MR) is 98.7 cm³/mol. The normalized spacial score (nSPS) is 26.4. The molecule has 2 saturated heterocycles. The van der Waals surface area contributed by atoms with Gasteiger partial charge in [0.15, 0.2) is 0 Å². The Bertz CT molecular complexity index is 693. The minimum absolute atomic E-state index is 0.106. The van der Waals surface area contributed by atoms with Crippen LogP contribution >= 0.6 is 0 Å². The fraction of sp³-hybridized carbons (Fsp3) is 0.650. The molecule has 4 rings (SSSR count). The number of aryl methyl sites for hydroxylation is 1. The summed E-state index contributed by atoms with van der Waals surface area (Å²) < 4.78 is 0. The lowest BCUT2D eigenvalue weighted by Crippen LogP contribution is -2.32. The third-order valence-electron chi connectivity index (χ3n) is 6.05. The molecular weight excluding hydrogens is 312 g/mol. The highest BCUT2D eigenvalue weighted by atomic mass is 16.2. The summed E-state index contributed by atoms with van der Waals surface area (Å²) in [5.41, 5.74) is 2.95. The molecule has 2 aliphatic heterocycles. The van der Waals surface area contributed by atoms with Crippen LogP contribution in [0.4, 0.5) is 5.95 Å². The number of hydrogen-bond acceptors (Lipinski definition) is 4. The van der Waals surface area contributed by atoms with Gasteiger partial charge in [0.1, 0.15) is 0 Å². The van der Waals surface area contributed by atoms with Crippen LogP contribution in [0, 0.1) is 18.8 Å². The molecule has 0 saturated carbocycles. The van der Waals surface area contributed by atoms with E-state index in [0.29, 0.717) is 17.4 Å². The number of likely N-dealkylation sites (tertiary alicyclic amines) is 1. The molecule has 3 heterocycles. The molecule has 5 nitrogen and oxygen atoms in total. The summed E-state index contributed by atoms with van der Waals surface area (Å²) in [6, 6.07) is 0. The standard InChI is InChI=1S/C20H28N4O/c1-14-6-7-16-12-24(13-17(16)10-14)19(25)18-11-21-20(22-15(18)2)23-8-4-3-5-9-23/h6,11,16-17H,3-5,7-10,12-13H2,1-2H3/t16-,17+/m1/s1. The molecule has 25 heavy (non-hydrogen) atoms. The minimum Gasteiger partial charge on any atom is -0.341 e. The quantitative estimate of drug-likeness (QED) is 0.776. The number of piperidine rings is 1. The summed E-state index contributed by atoms with van der Waals surface area (Å²) in [5.74, 6) is 2.14. The van der Waals surface area contributed by atoms with Gasteiger partial charge in [-0.25, -0.2) is 9.97 Å². The number of fused-ring (bicyclic) bond motifs is 1. The molecule has 1 amide bonds. The van der Waals surface area contributed by atoms with E-state index in [9.17, 15) is 4.79 Å². The van der Waals surface area contributed by atoms with Crippen molar-refractivity contribution in [3.05, 3.63) is 29.1 Å². The number of hydrogen-bond donors (Lipinski definition) is 0. The molecule has 0 N–H and O–H groups in total. The highest BCUT2D eigenvalue weighted by molar-refractivity contribution is 5.95. The number of nitrogens with zero attached hydrogens (tertiary/aromatic N) is 4. The van der Waals surface area contributed by atoms with E-state index in [-0.39, 0.29) is 5.91 Å². The molecule has 134 valence electrons. The molecular formula is C20H28N4O. The Hall–Kier alpha value is -1.91. The first-order valence-corrected chi connectivity index (χ1v) is 9.65. The molecule has 2 fully saturated rings. The van der Waals surface area contributed by atoms with E-state index >= 15 is 0 Å².